The predicted molar refractivity (Wildman–Crippen MR) is 76.6 cm³/mol. The van der Waals surface area contributed by atoms with E-state index in [4.69, 9.17) is 11.6 Å². The van der Waals surface area contributed by atoms with Crippen molar-refractivity contribution in [2.75, 3.05) is 0 Å². The van der Waals surface area contributed by atoms with Crippen LogP contribution >= 0.6 is 22.9 Å². The number of amides is 1. The first kappa shape index (κ1) is 14.0. The van der Waals surface area contributed by atoms with Gasteiger partial charge in [-0.3, -0.25) is 4.79 Å². The fraction of sp³-hybridized carbons (Fsp3) is 0.308. The first-order valence-corrected chi connectivity index (χ1v) is 7.16. The number of hydrogen-bond acceptors (Lipinski definition) is 4. The van der Waals surface area contributed by atoms with Crippen molar-refractivity contribution < 1.29 is 4.79 Å². The van der Waals surface area contributed by atoms with Crippen LogP contribution in [0.3, 0.4) is 0 Å². The highest BCUT2D eigenvalue weighted by atomic mass is 35.5. The molecule has 6 heteroatoms. The van der Waals surface area contributed by atoms with Crippen molar-refractivity contribution in [2.24, 2.45) is 0 Å². The fourth-order valence-corrected chi connectivity index (χ4v) is 2.61. The molecule has 0 radical (unpaired) electrons. The van der Waals surface area contributed by atoms with Crippen LogP contribution in [0.15, 0.2) is 24.5 Å². The summed E-state index contributed by atoms with van der Waals surface area (Å²) in [4.78, 5) is 21.4. The van der Waals surface area contributed by atoms with Crippen molar-refractivity contribution in [3.63, 3.8) is 0 Å². The van der Waals surface area contributed by atoms with Gasteiger partial charge in [-0.1, -0.05) is 18.5 Å². The molecule has 0 aromatic carbocycles. The normalized spacial score (nSPS) is 12.2. The maximum absolute atomic E-state index is 12.0. The summed E-state index contributed by atoms with van der Waals surface area (Å²) in [6.45, 7) is 4.00. The molecule has 2 rings (SSSR count). The minimum absolute atomic E-state index is 0.121. The van der Waals surface area contributed by atoms with Gasteiger partial charge in [0.25, 0.3) is 5.91 Å². The van der Waals surface area contributed by atoms with Crippen molar-refractivity contribution in [1.29, 1.82) is 0 Å². The molecule has 1 N–H and O–H groups in total. The summed E-state index contributed by atoms with van der Waals surface area (Å²) in [6.07, 6.45) is 4.32. The SMILES string of the molecule is CCc1cnc(C(C)NC(=O)c2ccnc(Cl)c2)s1. The van der Waals surface area contributed by atoms with Crippen LogP contribution in [-0.4, -0.2) is 15.9 Å². The predicted octanol–water partition coefficient (Wildman–Crippen LogP) is 3.24. The number of halogens is 1. The minimum Gasteiger partial charge on any atom is -0.343 e. The van der Waals surface area contributed by atoms with E-state index in [9.17, 15) is 4.79 Å². The molecule has 1 amide bonds. The smallest absolute Gasteiger partial charge is 0.251 e. The van der Waals surface area contributed by atoms with Gasteiger partial charge in [-0.05, 0) is 25.5 Å². The largest absolute Gasteiger partial charge is 0.343 e. The van der Waals surface area contributed by atoms with Crippen molar-refractivity contribution in [3.8, 4) is 0 Å². The third-order valence-electron chi connectivity index (χ3n) is 2.63. The van der Waals surface area contributed by atoms with Crippen LogP contribution < -0.4 is 5.32 Å². The number of hydrogen-bond donors (Lipinski definition) is 1. The zero-order chi connectivity index (χ0) is 13.8. The lowest BCUT2D eigenvalue weighted by Gasteiger charge is -2.11. The van der Waals surface area contributed by atoms with Gasteiger partial charge in [0.2, 0.25) is 0 Å². The van der Waals surface area contributed by atoms with E-state index < -0.39 is 0 Å². The van der Waals surface area contributed by atoms with Crippen LogP contribution in [0.2, 0.25) is 5.15 Å². The van der Waals surface area contributed by atoms with Gasteiger partial charge in [0, 0.05) is 22.8 Å². The summed E-state index contributed by atoms with van der Waals surface area (Å²) < 4.78 is 0. The van der Waals surface area contributed by atoms with Gasteiger partial charge in [0.05, 0.1) is 6.04 Å². The molecule has 100 valence electrons. The molecule has 0 bridgehead atoms. The fourth-order valence-electron chi connectivity index (χ4n) is 1.57. The molecule has 2 aromatic heterocycles. The maximum atomic E-state index is 12.0. The molecule has 0 aliphatic heterocycles. The zero-order valence-electron chi connectivity index (χ0n) is 10.7. The van der Waals surface area contributed by atoms with Crippen LogP contribution in [-0.2, 0) is 6.42 Å². The molecule has 19 heavy (non-hydrogen) atoms. The number of carbonyl (C=O) groups excluding carboxylic acids is 1. The number of nitrogens with zero attached hydrogens (tertiary/aromatic N) is 2. The first-order chi connectivity index (χ1) is 9.10. The number of aromatic nitrogens is 2. The second-order valence-electron chi connectivity index (χ2n) is 4.08. The van der Waals surface area contributed by atoms with Crippen LogP contribution in [0, 0.1) is 0 Å². The Morgan fingerprint density at radius 3 is 2.95 bits per heavy atom. The Bertz CT molecular complexity index is 585. The van der Waals surface area contributed by atoms with Gasteiger partial charge < -0.3 is 5.32 Å². The Balaban J connectivity index is 2.06. The Hall–Kier alpha value is -1.46. The Morgan fingerprint density at radius 1 is 1.53 bits per heavy atom. The number of carbonyl (C=O) groups is 1. The van der Waals surface area contributed by atoms with Crippen LogP contribution in [0.25, 0.3) is 0 Å². The third-order valence-corrected chi connectivity index (χ3v) is 4.16. The summed E-state index contributed by atoms with van der Waals surface area (Å²) in [5.41, 5.74) is 0.499. The van der Waals surface area contributed by atoms with Gasteiger partial charge in [-0.15, -0.1) is 11.3 Å². The van der Waals surface area contributed by atoms with E-state index in [0.717, 1.165) is 11.4 Å². The Morgan fingerprint density at radius 2 is 2.32 bits per heavy atom. The number of thiazole rings is 1. The Kier molecular flexibility index (Phi) is 4.50. The summed E-state index contributed by atoms with van der Waals surface area (Å²) in [7, 11) is 0. The molecule has 0 aliphatic carbocycles. The van der Waals surface area contributed by atoms with Crippen molar-refractivity contribution >= 4 is 28.8 Å². The maximum Gasteiger partial charge on any atom is 0.251 e. The quantitative estimate of drug-likeness (QED) is 0.881. The average Bonchev–Trinajstić information content (AvgIpc) is 2.87. The molecule has 2 heterocycles. The van der Waals surface area contributed by atoms with Crippen LogP contribution in [0.5, 0.6) is 0 Å². The third kappa shape index (κ3) is 3.52. The Labute approximate surface area is 120 Å². The molecule has 0 saturated heterocycles. The van der Waals surface area contributed by atoms with Gasteiger partial charge in [-0.2, -0.15) is 0 Å². The molecule has 0 saturated carbocycles. The molecular weight excluding hydrogens is 282 g/mol. The van der Waals surface area contributed by atoms with E-state index >= 15 is 0 Å². The van der Waals surface area contributed by atoms with E-state index in [1.807, 2.05) is 13.1 Å². The van der Waals surface area contributed by atoms with E-state index in [2.05, 4.69) is 22.2 Å². The van der Waals surface area contributed by atoms with Crippen LogP contribution in [0.1, 0.15) is 40.1 Å². The van der Waals surface area contributed by atoms with Gasteiger partial charge in [0.1, 0.15) is 10.2 Å². The van der Waals surface area contributed by atoms with Crippen molar-refractivity contribution in [3.05, 3.63) is 45.1 Å². The van der Waals surface area contributed by atoms with E-state index in [0.29, 0.717) is 10.7 Å². The summed E-state index contributed by atoms with van der Waals surface area (Å²) in [6, 6.07) is 3.06. The zero-order valence-corrected chi connectivity index (χ0v) is 12.3. The molecule has 0 fully saturated rings. The molecule has 1 atom stereocenters. The van der Waals surface area contributed by atoms with Gasteiger partial charge >= 0.3 is 0 Å². The van der Waals surface area contributed by atoms with Gasteiger partial charge in [0.15, 0.2) is 0 Å². The van der Waals surface area contributed by atoms with Crippen molar-refractivity contribution in [2.45, 2.75) is 26.3 Å². The molecule has 1 unspecified atom stereocenters. The molecular formula is C13H14ClN3OS. The van der Waals surface area contributed by atoms with E-state index in [1.165, 1.54) is 11.1 Å². The second-order valence-corrected chi connectivity index (χ2v) is 5.61. The standard InChI is InChI=1S/C13H14ClN3OS/c1-3-10-7-16-13(19-10)8(2)17-12(18)9-4-5-15-11(14)6-9/h4-8H,3H2,1-2H3,(H,17,18). The number of rotatable bonds is 4. The highest BCUT2D eigenvalue weighted by molar-refractivity contribution is 7.11. The van der Waals surface area contributed by atoms with Crippen molar-refractivity contribution in [1.82, 2.24) is 15.3 Å². The molecule has 0 spiro atoms. The average molecular weight is 296 g/mol. The highest BCUT2D eigenvalue weighted by Gasteiger charge is 2.14. The van der Waals surface area contributed by atoms with Gasteiger partial charge in [-0.25, -0.2) is 9.97 Å². The number of nitrogens with one attached hydrogen (secondary N) is 1. The summed E-state index contributed by atoms with van der Waals surface area (Å²) >= 11 is 7.38. The lowest BCUT2D eigenvalue weighted by molar-refractivity contribution is 0.0939. The molecule has 2 aromatic rings. The summed E-state index contributed by atoms with van der Waals surface area (Å²) in [5.74, 6) is -0.176. The number of pyridine rings is 1. The lowest BCUT2D eigenvalue weighted by Crippen LogP contribution is -2.26. The van der Waals surface area contributed by atoms with E-state index in [-0.39, 0.29) is 11.9 Å². The summed E-state index contributed by atoms with van der Waals surface area (Å²) in [5, 5.41) is 4.12. The van der Waals surface area contributed by atoms with E-state index in [1.54, 1.807) is 23.5 Å². The topological polar surface area (TPSA) is 54.9 Å². The van der Waals surface area contributed by atoms with Crippen LogP contribution in [0.4, 0.5) is 0 Å². The minimum atomic E-state index is -0.176. The molecule has 0 aliphatic rings. The second kappa shape index (κ2) is 6.12. The lowest BCUT2D eigenvalue weighted by atomic mass is 10.2. The number of aryl methyl sites for hydroxylation is 1. The monoisotopic (exact) mass is 295 g/mol. The highest BCUT2D eigenvalue weighted by Crippen LogP contribution is 2.20. The first-order valence-electron chi connectivity index (χ1n) is 5.97. The molecule has 4 nitrogen and oxygen atoms in total.